The Morgan fingerprint density at radius 1 is 0.917 bits per heavy atom. The standard InChI is InChI=1S/C37H41Cl4N3O4/c1-22-14-31(39)36(32(40)15-22)48-13-12-47-28-9-5-24(6-10-28)29-18-26-19-42-20-33(43-26)34(29)37(45)44(27-7-8-27)21-25-16-23(4-3-11-46-2)17-30(38)35(25)41/h5-6,9-10,14-17,26-27,33,42-43H,3-4,7-8,11-13,18-21H2,1-2H3/t26-,33-/m1/s1. The van der Waals surface area contributed by atoms with E-state index in [9.17, 15) is 4.79 Å². The van der Waals surface area contributed by atoms with E-state index in [1.807, 2.05) is 54.3 Å². The Kier molecular flexibility index (Phi) is 11.8. The number of carbonyl (C=O) groups is 1. The minimum atomic E-state index is -0.0887. The van der Waals surface area contributed by atoms with Crippen LogP contribution in [-0.2, 0) is 22.5 Å². The van der Waals surface area contributed by atoms with Crippen molar-refractivity contribution in [3.63, 3.8) is 0 Å². The predicted octanol–water partition coefficient (Wildman–Crippen LogP) is 7.92. The van der Waals surface area contributed by atoms with Crippen LogP contribution in [0.1, 0.15) is 47.9 Å². The van der Waals surface area contributed by atoms with Gasteiger partial charge in [0.1, 0.15) is 19.0 Å². The zero-order valence-corrected chi connectivity index (χ0v) is 30.2. The van der Waals surface area contributed by atoms with Crippen molar-refractivity contribution >= 4 is 57.9 Å². The number of aryl methyl sites for hydroxylation is 2. The van der Waals surface area contributed by atoms with Crippen molar-refractivity contribution in [2.24, 2.45) is 0 Å². The molecule has 2 atom stereocenters. The topological polar surface area (TPSA) is 72.1 Å². The molecule has 2 fully saturated rings. The van der Waals surface area contributed by atoms with Crippen LogP contribution in [0.3, 0.4) is 0 Å². The van der Waals surface area contributed by atoms with Gasteiger partial charge >= 0.3 is 0 Å². The summed E-state index contributed by atoms with van der Waals surface area (Å²) in [6, 6.07) is 16.0. The molecule has 1 saturated carbocycles. The number of fused-ring (bicyclic) bond motifs is 2. The van der Waals surface area contributed by atoms with E-state index in [1.165, 1.54) is 0 Å². The monoisotopic (exact) mass is 731 g/mol. The number of carbonyl (C=O) groups excluding carboxylic acids is 1. The summed E-state index contributed by atoms with van der Waals surface area (Å²) in [7, 11) is 1.70. The quantitative estimate of drug-likeness (QED) is 0.164. The summed E-state index contributed by atoms with van der Waals surface area (Å²) in [6.07, 6.45) is 4.41. The highest BCUT2D eigenvalue weighted by molar-refractivity contribution is 6.42. The minimum absolute atomic E-state index is 0.0510. The molecule has 2 N–H and O–H groups in total. The van der Waals surface area contributed by atoms with Crippen molar-refractivity contribution in [2.75, 3.05) is 40.0 Å². The summed E-state index contributed by atoms with van der Waals surface area (Å²) >= 11 is 25.9. The Bertz CT molecular complexity index is 1640. The second-order valence-corrected chi connectivity index (χ2v) is 14.4. The lowest BCUT2D eigenvalue weighted by Crippen LogP contribution is -2.60. The van der Waals surface area contributed by atoms with Gasteiger partial charge in [-0.2, -0.15) is 0 Å². The number of ether oxygens (including phenoxy) is 3. The Hall–Kier alpha value is -2.49. The van der Waals surface area contributed by atoms with E-state index >= 15 is 0 Å². The average molecular weight is 734 g/mol. The van der Waals surface area contributed by atoms with Gasteiger partial charge in [-0.1, -0.05) is 64.6 Å². The number of piperazine rings is 1. The van der Waals surface area contributed by atoms with Crippen LogP contribution in [0.5, 0.6) is 11.5 Å². The molecule has 2 heterocycles. The summed E-state index contributed by atoms with van der Waals surface area (Å²) in [4.78, 5) is 16.6. The highest BCUT2D eigenvalue weighted by Gasteiger charge is 2.41. The minimum Gasteiger partial charge on any atom is -0.490 e. The molecule has 1 amide bonds. The lowest BCUT2D eigenvalue weighted by molar-refractivity contribution is -0.128. The number of nitrogens with zero attached hydrogens (tertiary/aromatic N) is 1. The molecule has 0 unspecified atom stereocenters. The van der Waals surface area contributed by atoms with Crippen LogP contribution < -0.4 is 20.1 Å². The molecule has 6 rings (SSSR count). The van der Waals surface area contributed by atoms with Crippen molar-refractivity contribution < 1.29 is 19.0 Å². The molecule has 1 saturated heterocycles. The number of rotatable bonds is 14. The molecule has 0 spiro atoms. The maximum absolute atomic E-state index is 14.6. The van der Waals surface area contributed by atoms with E-state index in [0.717, 1.165) is 72.0 Å². The van der Waals surface area contributed by atoms with Gasteiger partial charge < -0.3 is 29.7 Å². The fraction of sp³-hybridized carbons (Fsp3) is 0.432. The van der Waals surface area contributed by atoms with Crippen LogP contribution in [0.2, 0.25) is 20.1 Å². The molecule has 3 aromatic rings. The van der Waals surface area contributed by atoms with Gasteiger partial charge in [0.05, 0.1) is 26.1 Å². The van der Waals surface area contributed by atoms with Crippen LogP contribution in [0.4, 0.5) is 0 Å². The molecule has 0 radical (unpaired) electrons. The van der Waals surface area contributed by atoms with Crippen LogP contribution in [0.25, 0.3) is 5.57 Å². The number of halogens is 4. The highest BCUT2D eigenvalue weighted by atomic mass is 35.5. The molecular weight excluding hydrogens is 692 g/mol. The van der Waals surface area contributed by atoms with Crippen molar-refractivity contribution in [1.82, 2.24) is 15.5 Å². The molecule has 11 heteroatoms. The van der Waals surface area contributed by atoms with Gasteiger partial charge in [0.25, 0.3) is 5.91 Å². The van der Waals surface area contributed by atoms with Crippen molar-refractivity contribution in [3.8, 4) is 11.5 Å². The predicted molar refractivity (Wildman–Crippen MR) is 194 cm³/mol. The van der Waals surface area contributed by atoms with Crippen LogP contribution in [-0.4, -0.2) is 69.0 Å². The SMILES string of the molecule is COCCCc1cc(Cl)c(Cl)c(CN(C(=O)C2=C(c3ccc(OCCOc4c(Cl)cc(C)cc4Cl)cc3)C[C@@H]3CNC[C@H]2N3)C2CC2)c1. The molecule has 256 valence electrons. The maximum atomic E-state index is 14.6. The second-order valence-electron chi connectivity index (χ2n) is 12.8. The number of hydrogen-bond donors (Lipinski definition) is 2. The highest BCUT2D eigenvalue weighted by Crippen LogP contribution is 2.39. The van der Waals surface area contributed by atoms with E-state index < -0.39 is 0 Å². The molecule has 48 heavy (non-hydrogen) atoms. The average Bonchev–Trinajstić information content (AvgIpc) is 3.90. The zero-order valence-electron chi connectivity index (χ0n) is 27.2. The largest absolute Gasteiger partial charge is 0.490 e. The number of amides is 1. The first-order valence-electron chi connectivity index (χ1n) is 16.5. The second kappa shape index (κ2) is 16.0. The van der Waals surface area contributed by atoms with Crippen LogP contribution in [0, 0.1) is 6.92 Å². The van der Waals surface area contributed by atoms with Gasteiger partial charge in [-0.3, -0.25) is 4.79 Å². The third kappa shape index (κ3) is 8.44. The van der Waals surface area contributed by atoms with Crippen molar-refractivity contribution in [1.29, 1.82) is 0 Å². The first-order chi connectivity index (χ1) is 23.2. The molecule has 3 aliphatic rings. The molecule has 3 aromatic carbocycles. The summed E-state index contributed by atoms with van der Waals surface area (Å²) in [6.45, 7) is 5.17. The number of nitrogens with one attached hydrogen (secondary N) is 2. The zero-order chi connectivity index (χ0) is 33.8. The van der Waals surface area contributed by atoms with Crippen LogP contribution >= 0.6 is 46.4 Å². The number of benzene rings is 3. The maximum Gasteiger partial charge on any atom is 0.252 e. The van der Waals surface area contributed by atoms with Crippen molar-refractivity contribution in [2.45, 2.75) is 63.7 Å². The smallest absolute Gasteiger partial charge is 0.252 e. The molecule has 1 aliphatic carbocycles. The van der Waals surface area contributed by atoms with E-state index in [1.54, 1.807) is 7.11 Å². The Morgan fingerprint density at radius 3 is 2.35 bits per heavy atom. The van der Waals surface area contributed by atoms with E-state index in [-0.39, 0.29) is 24.0 Å². The van der Waals surface area contributed by atoms with E-state index in [4.69, 9.17) is 60.6 Å². The first kappa shape index (κ1) is 35.3. The van der Waals surface area contributed by atoms with E-state index in [2.05, 4.69) is 16.7 Å². The third-order valence-electron chi connectivity index (χ3n) is 9.04. The van der Waals surface area contributed by atoms with Gasteiger partial charge in [0.15, 0.2) is 5.75 Å². The Morgan fingerprint density at radius 2 is 1.65 bits per heavy atom. The molecule has 0 aromatic heterocycles. The Balaban J connectivity index is 1.20. The van der Waals surface area contributed by atoms with Gasteiger partial charge in [-0.15, -0.1) is 0 Å². The summed E-state index contributed by atoms with van der Waals surface area (Å²) < 4.78 is 17.0. The first-order valence-corrected chi connectivity index (χ1v) is 18.0. The van der Waals surface area contributed by atoms with Gasteiger partial charge in [-0.25, -0.2) is 0 Å². The lowest BCUT2D eigenvalue weighted by Gasteiger charge is -2.41. The van der Waals surface area contributed by atoms with Gasteiger partial charge in [0, 0.05) is 51.0 Å². The van der Waals surface area contributed by atoms with Crippen molar-refractivity contribution in [3.05, 3.63) is 96.4 Å². The molecule has 2 bridgehead atoms. The van der Waals surface area contributed by atoms with E-state index in [0.29, 0.717) is 64.5 Å². The number of hydrogen-bond acceptors (Lipinski definition) is 6. The normalized spacial score (nSPS) is 19.0. The fourth-order valence-corrected chi connectivity index (χ4v) is 7.73. The van der Waals surface area contributed by atoms with Crippen LogP contribution in [0.15, 0.2) is 54.1 Å². The van der Waals surface area contributed by atoms with Gasteiger partial charge in [0.2, 0.25) is 0 Å². The van der Waals surface area contributed by atoms with Gasteiger partial charge in [-0.05, 0) is 97.2 Å². The number of methoxy groups -OCH3 is 1. The summed E-state index contributed by atoms with van der Waals surface area (Å²) in [5.41, 5.74) is 5.86. The lowest BCUT2D eigenvalue weighted by atomic mass is 9.83. The molecule has 7 nitrogen and oxygen atoms in total. The molecular formula is C37H41Cl4N3O4. The Labute approximate surface area is 302 Å². The third-order valence-corrected chi connectivity index (χ3v) is 10.4. The summed E-state index contributed by atoms with van der Waals surface area (Å²) in [5, 5.41) is 9.20. The summed E-state index contributed by atoms with van der Waals surface area (Å²) in [5.74, 6) is 1.22. The molecule has 2 aliphatic heterocycles. The fourth-order valence-electron chi connectivity index (χ4n) is 6.60.